The van der Waals surface area contributed by atoms with E-state index < -0.39 is 20.7 Å². The molecule has 0 bridgehead atoms. The minimum Gasteiger partial charge on any atom is -0.300 e. The zero-order chi connectivity index (χ0) is 16.9. The molecule has 1 N–H and O–H groups in total. The number of carbonyl (C=O) groups excluding carboxylic acids is 1. The maximum Gasteiger partial charge on any atom is 0.425 e. The van der Waals surface area contributed by atoms with E-state index in [0.717, 1.165) is 5.56 Å². The van der Waals surface area contributed by atoms with E-state index in [-0.39, 0.29) is 17.1 Å². The van der Waals surface area contributed by atoms with Crippen LogP contribution in [0, 0.1) is 0 Å². The molecule has 7 nitrogen and oxygen atoms in total. The van der Waals surface area contributed by atoms with Gasteiger partial charge in [-0.3, -0.25) is 9.35 Å². The SMILES string of the molecule is CC(=O)Cc1ccc2cccc(S(=O)(=O)O)c2c1.O=S(=O)=O. The van der Waals surface area contributed by atoms with Gasteiger partial charge in [-0.05, 0) is 30.0 Å². The van der Waals surface area contributed by atoms with Gasteiger partial charge in [-0.25, -0.2) is 0 Å². The van der Waals surface area contributed by atoms with E-state index in [0.29, 0.717) is 10.8 Å². The first-order chi connectivity index (χ1) is 10.1. The highest BCUT2D eigenvalue weighted by molar-refractivity contribution is 7.86. The molecule has 0 radical (unpaired) electrons. The lowest BCUT2D eigenvalue weighted by Gasteiger charge is -2.06. The van der Waals surface area contributed by atoms with Gasteiger partial charge in [-0.1, -0.05) is 24.3 Å². The fraction of sp³-hybridized carbons (Fsp3) is 0.154. The van der Waals surface area contributed by atoms with E-state index in [1.165, 1.54) is 13.0 Å². The molecule has 0 aliphatic carbocycles. The van der Waals surface area contributed by atoms with Crippen LogP contribution in [-0.4, -0.2) is 31.4 Å². The number of Topliss-reactive ketones (excluding diaryl/α,β-unsaturated/α-hetero) is 1. The Morgan fingerprint density at radius 1 is 1.14 bits per heavy atom. The molecule has 0 atom stereocenters. The predicted octanol–water partition coefficient (Wildman–Crippen LogP) is 1.21. The highest BCUT2D eigenvalue weighted by atomic mass is 32.2. The van der Waals surface area contributed by atoms with Crippen molar-refractivity contribution < 1.29 is 30.4 Å². The number of rotatable bonds is 3. The number of benzene rings is 2. The summed E-state index contributed by atoms with van der Waals surface area (Å²) >= 11 is 0. The lowest BCUT2D eigenvalue weighted by atomic mass is 10.0. The first kappa shape index (κ1) is 18.0. The van der Waals surface area contributed by atoms with E-state index in [4.69, 9.17) is 17.2 Å². The van der Waals surface area contributed by atoms with Crippen LogP contribution in [0.25, 0.3) is 10.8 Å². The summed E-state index contributed by atoms with van der Waals surface area (Å²) in [6.45, 7) is 1.47. The van der Waals surface area contributed by atoms with E-state index >= 15 is 0 Å². The molecular formula is C13H12O7S2. The molecule has 2 rings (SSSR count). The Labute approximate surface area is 128 Å². The van der Waals surface area contributed by atoms with Gasteiger partial charge in [0, 0.05) is 11.8 Å². The van der Waals surface area contributed by atoms with Crippen molar-refractivity contribution >= 4 is 37.3 Å². The Hall–Kier alpha value is -2.10. The third kappa shape index (κ3) is 5.35. The fourth-order valence-corrected chi connectivity index (χ4v) is 2.62. The minimum absolute atomic E-state index is 0.00122. The summed E-state index contributed by atoms with van der Waals surface area (Å²) in [4.78, 5) is 10.9. The van der Waals surface area contributed by atoms with Crippen molar-refractivity contribution in [2.24, 2.45) is 0 Å². The second kappa shape index (κ2) is 7.25. The summed E-state index contributed by atoms with van der Waals surface area (Å²) in [5, 5.41) is 1.14. The number of ketones is 1. The van der Waals surface area contributed by atoms with Gasteiger partial charge in [0.2, 0.25) is 0 Å². The molecule has 0 spiro atoms. The van der Waals surface area contributed by atoms with Gasteiger partial charge >= 0.3 is 10.6 Å². The molecule has 2 aromatic carbocycles. The van der Waals surface area contributed by atoms with Gasteiger partial charge < -0.3 is 0 Å². The molecule has 0 saturated heterocycles. The predicted molar refractivity (Wildman–Crippen MR) is 77.8 cm³/mol. The standard InChI is InChI=1S/C13H12O4S.O3S/c1-9(14)7-10-5-6-11-3-2-4-13(12(11)8-10)18(15,16)17;1-4(2)3/h2-6,8H,7H2,1H3,(H,15,16,17);. The van der Waals surface area contributed by atoms with Crippen LogP contribution in [0.5, 0.6) is 0 Å². The molecular weight excluding hydrogens is 332 g/mol. The lowest BCUT2D eigenvalue weighted by molar-refractivity contribution is -0.116. The largest absolute Gasteiger partial charge is 0.425 e. The monoisotopic (exact) mass is 344 g/mol. The summed E-state index contributed by atoms with van der Waals surface area (Å²) < 4.78 is 57.0. The Morgan fingerprint density at radius 3 is 2.23 bits per heavy atom. The van der Waals surface area contributed by atoms with Crippen molar-refractivity contribution in [3.8, 4) is 0 Å². The van der Waals surface area contributed by atoms with Crippen molar-refractivity contribution in [1.82, 2.24) is 0 Å². The Kier molecular flexibility index (Phi) is 5.92. The summed E-state index contributed by atoms with van der Waals surface area (Å²) in [6.07, 6.45) is 0.246. The van der Waals surface area contributed by atoms with Crippen LogP contribution in [0.4, 0.5) is 0 Å². The van der Waals surface area contributed by atoms with Crippen molar-refractivity contribution in [1.29, 1.82) is 0 Å². The quantitative estimate of drug-likeness (QED) is 0.830. The minimum atomic E-state index is -4.26. The summed E-state index contributed by atoms with van der Waals surface area (Å²) in [5.41, 5.74) is 0.728. The van der Waals surface area contributed by atoms with Gasteiger partial charge in [0.15, 0.2) is 0 Å². The normalized spacial score (nSPS) is 10.6. The topological polar surface area (TPSA) is 123 Å². The average Bonchev–Trinajstić information content (AvgIpc) is 2.35. The molecule has 0 aliphatic rings. The molecule has 22 heavy (non-hydrogen) atoms. The molecule has 0 heterocycles. The second-order valence-electron chi connectivity index (χ2n) is 4.37. The molecule has 0 fully saturated rings. The van der Waals surface area contributed by atoms with Crippen LogP contribution in [0.2, 0.25) is 0 Å². The van der Waals surface area contributed by atoms with Crippen LogP contribution >= 0.6 is 0 Å². The summed E-state index contributed by atoms with van der Waals surface area (Å²) in [7, 11) is -7.37. The molecule has 0 unspecified atom stereocenters. The van der Waals surface area contributed by atoms with Crippen molar-refractivity contribution in [3.63, 3.8) is 0 Å². The van der Waals surface area contributed by atoms with Crippen LogP contribution < -0.4 is 0 Å². The molecule has 2 aromatic rings. The van der Waals surface area contributed by atoms with Crippen LogP contribution in [-0.2, 0) is 31.9 Å². The lowest BCUT2D eigenvalue weighted by Crippen LogP contribution is -2.00. The molecule has 0 saturated carbocycles. The zero-order valence-corrected chi connectivity index (χ0v) is 13.0. The van der Waals surface area contributed by atoms with E-state index in [1.807, 2.05) is 0 Å². The molecule has 9 heteroatoms. The molecule has 118 valence electrons. The third-order valence-corrected chi connectivity index (χ3v) is 3.55. The average molecular weight is 344 g/mol. The first-order valence-corrected chi connectivity index (χ1v) is 8.30. The maximum absolute atomic E-state index is 11.3. The van der Waals surface area contributed by atoms with Crippen molar-refractivity contribution in [2.45, 2.75) is 18.2 Å². The van der Waals surface area contributed by atoms with Gasteiger partial charge in [-0.2, -0.15) is 8.42 Å². The first-order valence-electron chi connectivity index (χ1n) is 5.86. The molecule has 0 amide bonds. The Morgan fingerprint density at radius 2 is 1.73 bits per heavy atom. The summed E-state index contributed by atoms with van der Waals surface area (Å²) in [6, 6.07) is 9.80. The van der Waals surface area contributed by atoms with Crippen LogP contribution in [0.3, 0.4) is 0 Å². The maximum atomic E-state index is 11.3. The Balaban J connectivity index is 0.000000541. The van der Waals surface area contributed by atoms with E-state index in [9.17, 15) is 13.2 Å². The number of hydrogen-bond acceptors (Lipinski definition) is 6. The van der Waals surface area contributed by atoms with Gasteiger partial charge in [-0.15, -0.1) is 12.6 Å². The smallest absolute Gasteiger partial charge is 0.300 e. The molecule has 0 aromatic heterocycles. The number of carbonyl (C=O) groups is 1. The van der Waals surface area contributed by atoms with E-state index in [2.05, 4.69) is 0 Å². The van der Waals surface area contributed by atoms with Gasteiger partial charge in [0.1, 0.15) is 10.7 Å². The highest BCUT2D eigenvalue weighted by Crippen LogP contribution is 2.24. The number of hydrogen-bond donors (Lipinski definition) is 1. The van der Waals surface area contributed by atoms with E-state index in [1.54, 1.807) is 30.3 Å². The van der Waals surface area contributed by atoms with Crippen LogP contribution in [0.15, 0.2) is 41.3 Å². The third-order valence-electron chi connectivity index (χ3n) is 2.64. The fourth-order valence-electron chi connectivity index (χ4n) is 1.91. The van der Waals surface area contributed by atoms with Crippen molar-refractivity contribution in [2.75, 3.05) is 0 Å². The number of fused-ring (bicyclic) bond motifs is 1. The van der Waals surface area contributed by atoms with Gasteiger partial charge in [0.05, 0.1) is 0 Å². The highest BCUT2D eigenvalue weighted by Gasteiger charge is 2.13. The summed E-state index contributed by atoms with van der Waals surface area (Å²) in [5.74, 6) is -0.00122. The van der Waals surface area contributed by atoms with Crippen LogP contribution in [0.1, 0.15) is 12.5 Å². The second-order valence-corrected chi connectivity index (χ2v) is 6.17. The van der Waals surface area contributed by atoms with Gasteiger partial charge in [0.25, 0.3) is 10.1 Å². The van der Waals surface area contributed by atoms with Crippen molar-refractivity contribution in [3.05, 3.63) is 42.0 Å². The zero-order valence-electron chi connectivity index (χ0n) is 11.4. The Bertz CT molecular complexity index is 906. The molecule has 0 aliphatic heterocycles.